The first-order chi connectivity index (χ1) is 6.76. The van der Waals surface area contributed by atoms with Crippen LogP contribution in [0.3, 0.4) is 0 Å². The number of thioether (sulfide) groups is 1. The molecule has 0 radical (unpaired) electrons. The number of hydrogen-bond acceptors (Lipinski definition) is 4. The maximum absolute atomic E-state index is 11.5. The average molecular weight is 215 g/mol. The van der Waals surface area contributed by atoms with Gasteiger partial charge in [0.25, 0.3) is 0 Å². The van der Waals surface area contributed by atoms with Crippen LogP contribution < -0.4 is 5.32 Å². The summed E-state index contributed by atoms with van der Waals surface area (Å²) in [5.41, 5.74) is 0. The summed E-state index contributed by atoms with van der Waals surface area (Å²) in [6, 6.07) is -0.0713. The van der Waals surface area contributed by atoms with E-state index in [9.17, 15) is 4.79 Å². The third-order valence-electron chi connectivity index (χ3n) is 2.95. The Morgan fingerprint density at radius 1 is 1.57 bits per heavy atom. The van der Waals surface area contributed by atoms with Gasteiger partial charge >= 0.3 is 5.97 Å². The maximum atomic E-state index is 11.5. The summed E-state index contributed by atoms with van der Waals surface area (Å²) in [7, 11) is 0. The van der Waals surface area contributed by atoms with Gasteiger partial charge in [-0.2, -0.15) is 0 Å². The topological polar surface area (TPSA) is 38.3 Å². The van der Waals surface area contributed by atoms with Gasteiger partial charge in [-0.15, -0.1) is 11.8 Å². The number of hydrogen-bond donors (Lipinski definition) is 1. The van der Waals surface area contributed by atoms with Gasteiger partial charge in [0.1, 0.15) is 6.04 Å². The second kappa shape index (κ2) is 4.11. The quantitative estimate of drug-likeness (QED) is 0.709. The van der Waals surface area contributed by atoms with Gasteiger partial charge in [0.05, 0.1) is 11.5 Å². The summed E-state index contributed by atoms with van der Waals surface area (Å²) >= 11 is 1.90. The van der Waals surface area contributed by atoms with Crippen molar-refractivity contribution in [2.24, 2.45) is 0 Å². The van der Waals surface area contributed by atoms with E-state index in [0.29, 0.717) is 6.61 Å². The van der Waals surface area contributed by atoms with Gasteiger partial charge in [-0.25, -0.2) is 0 Å². The first kappa shape index (κ1) is 10.3. The second-order valence-electron chi connectivity index (χ2n) is 3.96. The molecular weight excluding hydrogens is 198 g/mol. The van der Waals surface area contributed by atoms with Crippen LogP contribution in [0.4, 0.5) is 0 Å². The lowest BCUT2D eigenvalue weighted by Crippen LogP contribution is -2.44. The molecule has 2 aliphatic rings. The predicted octanol–water partition coefficient (Wildman–Crippen LogP) is 1.52. The van der Waals surface area contributed by atoms with Crippen LogP contribution in [0, 0.1) is 0 Å². The lowest BCUT2D eigenvalue weighted by molar-refractivity contribution is -0.145. The van der Waals surface area contributed by atoms with E-state index in [-0.39, 0.29) is 16.9 Å². The molecule has 0 aromatic heterocycles. The fraction of sp³-hybridized carbons (Fsp3) is 0.900. The van der Waals surface area contributed by atoms with Crippen LogP contribution >= 0.6 is 11.8 Å². The van der Waals surface area contributed by atoms with E-state index >= 15 is 0 Å². The van der Waals surface area contributed by atoms with Crippen LogP contribution in [0.25, 0.3) is 0 Å². The summed E-state index contributed by atoms with van der Waals surface area (Å²) in [5.74, 6) is 0.794. The zero-order chi connectivity index (χ0) is 10.0. The van der Waals surface area contributed by atoms with Crippen LogP contribution in [-0.2, 0) is 9.53 Å². The minimum atomic E-state index is -0.0798. The Labute approximate surface area is 89.0 Å². The molecule has 1 aliphatic heterocycles. The van der Waals surface area contributed by atoms with Crippen molar-refractivity contribution >= 4 is 17.7 Å². The van der Waals surface area contributed by atoms with E-state index < -0.39 is 0 Å². The zero-order valence-corrected chi connectivity index (χ0v) is 9.36. The maximum Gasteiger partial charge on any atom is 0.324 e. The highest BCUT2D eigenvalue weighted by molar-refractivity contribution is 8.01. The standard InChI is InChI=1S/C10H17NO2S/c1-2-13-9(12)8-7-14-10(11-8)5-3-4-6-10/h8,11H,2-7H2,1H3/t8-/m0/s1. The molecular formula is C10H17NO2S. The number of esters is 1. The molecule has 0 aromatic rings. The minimum Gasteiger partial charge on any atom is -0.465 e. The molecule has 1 heterocycles. The van der Waals surface area contributed by atoms with Crippen LogP contribution in [0.2, 0.25) is 0 Å². The SMILES string of the molecule is CCOC(=O)[C@@H]1CSC2(CCCC2)N1. The Morgan fingerprint density at radius 3 is 2.93 bits per heavy atom. The van der Waals surface area contributed by atoms with Crippen molar-refractivity contribution in [1.29, 1.82) is 0 Å². The summed E-state index contributed by atoms with van der Waals surface area (Å²) in [6.07, 6.45) is 4.98. The van der Waals surface area contributed by atoms with Crippen LogP contribution in [0.5, 0.6) is 0 Å². The number of carbonyl (C=O) groups is 1. The molecule has 0 unspecified atom stereocenters. The van der Waals surface area contributed by atoms with Gasteiger partial charge in [-0.05, 0) is 19.8 Å². The molecule has 1 N–H and O–H groups in total. The number of rotatable bonds is 2. The highest BCUT2D eigenvalue weighted by Gasteiger charge is 2.44. The highest BCUT2D eigenvalue weighted by Crippen LogP contribution is 2.43. The summed E-state index contributed by atoms with van der Waals surface area (Å²) in [5, 5.41) is 3.44. The van der Waals surface area contributed by atoms with Crippen molar-refractivity contribution in [1.82, 2.24) is 5.32 Å². The van der Waals surface area contributed by atoms with E-state index in [1.807, 2.05) is 18.7 Å². The van der Waals surface area contributed by atoms with Crippen molar-refractivity contribution < 1.29 is 9.53 Å². The molecule has 1 saturated carbocycles. The fourth-order valence-electron chi connectivity index (χ4n) is 2.25. The monoisotopic (exact) mass is 215 g/mol. The highest BCUT2D eigenvalue weighted by atomic mass is 32.2. The van der Waals surface area contributed by atoms with Crippen molar-refractivity contribution in [3.63, 3.8) is 0 Å². The molecule has 14 heavy (non-hydrogen) atoms. The Kier molecular flexibility index (Phi) is 3.02. The van der Waals surface area contributed by atoms with Crippen LogP contribution in [0.15, 0.2) is 0 Å². The Bertz CT molecular complexity index is 226. The third-order valence-corrected chi connectivity index (χ3v) is 4.52. The Balaban J connectivity index is 1.90. The van der Waals surface area contributed by atoms with Gasteiger partial charge in [-0.1, -0.05) is 12.8 Å². The van der Waals surface area contributed by atoms with E-state index in [0.717, 1.165) is 5.75 Å². The van der Waals surface area contributed by atoms with Gasteiger partial charge in [0.15, 0.2) is 0 Å². The number of carbonyl (C=O) groups excluding carboxylic acids is 1. The minimum absolute atomic E-state index is 0.0713. The largest absolute Gasteiger partial charge is 0.465 e. The molecule has 0 aromatic carbocycles. The third kappa shape index (κ3) is 1.91. The van der Waals surface area contributed by atoms with E-state index in [1.54, 1.807) is 0 Å². The molecule has 1 aliphatic carbocycles. The van der Waals surface area contributed by atoms with E-state index in [2.05, 4.69) is 5.32 Å². The first-order valence-corrected chi connectivity index (χ1v) is 6.33. The van der Waals surface area contributed by atoms with Crippen molar-refractivity contribution in [3.8, 4) is 0 Å². The van der Waals surface area contributed by atoms with Crippen LogP contribution in [-0.4, -0.2) is 29.2 Å². The average Bonchev–Trinajstić information content (AvgIpc) is 2.78. The molecule has 1 saturated heterocycles. The molecule has 3 nitrogen and oxygen atoms in total. The van der Waals surface area contributed by atoms with Gasteiger partial charge in [0, 0.05) is 5.75 Å². The molecule has 80 valence electrons. The smallest absolute Gasteiger partial charge is 0.324 e. The molecule has 2 fully saturated rings. The first-order valence-electron chi connectivity index (χ1n) is 5.34. The molecule has 1 spiro atoms. The van der Waals surface area contributed by atoms with Crippen molar-refractivity contribution in [2.75, 3.05) is 12.4 Å². The zero-order valence-electron chi connectivity index (χ0n) is 8.54. The number of ether oxygens (including phenoxy) is 1. The summed E-state index contributed by atoms with van der Waals surface area (Å²) in [6.45, 7) is 2.33. The van der Waals surface area contributed by atoms with Crippen LogP contribution in [0.1, 0.15) is 32.6 Å². The fourth-order valence-corrected chi connectivity index (χ4v) is 3.76. The lowest BCUT2D eigenvalue weighted by atomic mass is 10.2. The van der Waals surface area contributed by atoms with Gasteiger partial charge < -0.3 is 4.74 Å². The predicted molar refractivity (Wildman–Crippen MR) is 57.2 cm³/mol. The van der Waals surface area contributed by atoms with E-state index in [4.69, 9.17) is 4.74 Å². The van der Waals surface area contributed by atoms with Gasteiger partial charge in [-0.3, -0.25) is 10.1 Å². The lowest BCUT2D eigenvalue weighted by Gasteiger charge is -2.22. The Hall–Kier alpha value is -0.220. The Morgan fingerprint density at radius 2 is 2.29 bits per heavy atom. The number of nitrogens with one attached hydrogen (secondary N) is 1. The normalized spacial score (nSPS) is 29.6. The molecule has 2 rings (SSSR count). The summed E-state index contributed by atoms with van der Waals surface area (Å²) < 4.78 is 5.01. The molecule has 0 amide bonds. The van der Waals surface area contributed by atoms with E-state index in [1.165, 1.54) is 25.7 Å². The second-order valence-corrected chi connectivity index (χ2v) is 5.36. The van der Waals surface area contributed by atoms with Crippen molar-refractivity contribution in [2.45, 2.75) is 43.5 Å². The molecule has 4 heteroatoms. The van der Waals surface area contributed by atoms with Crippen molar-refractivity contribution in [3.05, 3.63) is 0 Å². The van der Waals surface area contributed by atoms with Gasteiger partial charge in [0.2, 0.25) is 0 Å². The summed E-state index contributed by atoms with van der Waals surface area (Å²) in [4.78, 5) is 11.7. The molecule has 0 bridgehead atoms. The molecule has 1 atom stereocenters.